The molecule has 5 heteroatoms. The molecule has 1 saturated heterocycles. The normalized spacial score (nSPS) is 16.6. The molecule has 0 amide bonds. The largest absolute Gasteiger partial charge is 0.370 e. The van der Waals surface area contributed by atoms with Crippen molar-refractivity contribution in [3.63, 3.8) is 0 Å². The van der Waals surface area contributed by atoms with Gasteiger partial charge in [-0.15, -0.1) is 0 Å². The maximum atomic E-state index is 12.1. The average Bonchev–Trinajstić information content (AvgIpc) is 2.97. The molecule has 0 saturated carbocycles. The minimum Gasteiger partial charge on any atom is -0.370 e. The lowest BCUT2D eigenvalue weighted by atomic mass is 10.2. The summed E-state index contributed by atoms with van der Waals surface area (Å²) in [5.41, 5.74) is 0.984. The fourth-order valence-electron chi connectivity index (χ4n) is 2.55. The van der Waals surface area contributed by atoms with Crippen LogP contribution in [0.1, 0.15) is 39.5 Å². The van der Waals surface area contributed by atoms with Gasteiger partial charge < -0.3 is 10.2 Å². The number of rotatable bonds is 7. The second-order valence-electron chi connectivity index (χ2n) is 5.61. The smallest absolute Gasteiger partial charge is 0.268 e. The van der Waals surface area contributed by atoms with E-state index in [0.29, 0.717) is 12.6 Å². The van der Waals surface area contributed by atoms with Gasteiger partial charge >= 0.3 is 0 Å². The summed E-state index contributed by atoms with van der Waals surface area (Å²) in [5.74, 6) is 0. The third-order valence-corrected chi connectivity index (χ3v) is 3.84. The Bertz CT molecular complexity index is 465. The molecular formula is C15H26N4O. The SMILES string of the molecule is CCCNC(C)CCn1ncc(N2CCCC2)cc1=O. The molecule has 1 unspecified atom stereocenters. The van der Waals surface area contributed by atoms with Crippen molar-refractivity contribution < 1.29 is 0 Å². The number of nitrogens with one attached hydrogen (secondary N) is 1. The van der Waals surface area contributed by atoms with Gasteiger partial charge in [0, 0.05) is 31.7 Å². The molecule has 0 aromatic carbocycles. The maximum Gasteiger partial charge on any atom is 0.268 e. The molecule has 0 spiro atoms. The van der Waals surface area contributed by atoms with E-state index in [1.807, 2.05) is 6.20 Å². The van der Waals surface area contributed by atoms with E-state index in [0.717, 1.165) is 38.2 Å². The highest BCUT2D eigenvalue weighted by Crippen LogP contribution is 2.16. The predicted octanol–water partition coefficient (Wildman–Crippen LogP) is 1.62. The lowest BCUT2D eigenvalue weighted by Crippen LogP contribution is -2.31. The lowest BCUT2D eigenvalue weighted by molar-refractivity contribution is 0.449. The molecular weight excluding hydrogens is 252 g/mol. The Hall–Kier alpha value is -1.36. The molecule has 20 heavy (non-hydrogen) atoms. The van der Waals surface area contributed by atoms with E-state index in [2.05, 4.69) is 29.2 Å². The van der Waals surface area contributed by atoms with Gasteiger partial charge in [-0.05, 0) is 39.2 Å². The van der Waals surface area contributed by atoms with Crippen LogP contribution in [0.2, 0.25) is 0 Å². The number of anilines is 1. The molecule has 1 aliphatic rings. The van der Waals surface area contributed by atoms with Gasteiger partial charge in [0.05, 0.1) is 11.9 Å². The highest BCUT2D eigenvalue weighted by atomic mass is 16.1. The van der Waals surface area contributed by atoms with Crippen LogP contribution in [0.25, 0.3) is 0 Å². The summed E-state index contributed by atoms with van der Waals surface area (Å²) in [6.45, 7) is 8.10. The van der Waals surface area contributed by atoms with Crippen LogP contribution in [0.4, 0.5) is 5.69 Å². The van der Waals surface area contributed by atoms with Gasteiger partial charge in [0.15, 0.2) is 0 Å². The van der Waals surface area contributed by atoms with Crippen molar-refractivity contribution >= 4 is 5.69 Å². The van der Waals surface area contributed by atoms with Gasteiger partial charge in [-0.1, -0.05) is 6.92 Å². The first kappa shape index (κ1) is 15.0. The van der Waals surface area contributed by atoms with Crippen LogP contribution in [-0.4, -0.2) is 35.5 Å². The molecule has 0 aliphatic carbocycles. The highest BCUT2D eigenvalue weighted by Gasteiger charge is 2.13. The molecule has 1 aromatic heterocycles. The molecule has 0 bridgehead atoms. The van der Waals surface area contributed by atoms with Crippen LogP contribution in [0.5, 0.6) is 0 Å². The number of aryl methyl sites for hydroxylation is 1. The Kier molecular flexibility index (Phi) is 5.59. The topological polar surface area (TPSA) is 50.2 Å². The Morgan fingerprint density at radius 1 is 1.40 bits per heavy atom. The molecule has 0 radical (unpaired) electrons. The summed E-state index contributed by atoms with van der Waals surface area (Å²) in [6, 6.07) is 2.14. The Morgan fingerprint density at radius 2 is 2.15 bits per heavy atom. The van der Waals surface area contributed by atoms with E-state index in [-0.39, 0.29) is 5.56 Å². The van der Waals surface area contributed by atoms with E-state index in [1.54, 1.807) is 10.7 Å². The Labute approximate surface area is 121 Å². The van der Waals surface area contributed by atoms with Crippen LogP contribution in [0.3, 0.4) is 0 Å². The van der Waals surface area contributed by atoms with Crippen LogP contribution >= 0.6 is 0 Å². The van der Waals surface area contributed by atoms with Crippen molar-refractivity contribution in [2.45, 2.75) is 52.1 Å². The van der Waals surface area contributed by atoms with Gasteiger partial charge in [-0.3, -0.25) is 4.79 Å². The van der Waals surface area contributed by atoms with Gasteiger partial charge in [-0.25, -0.2) is 4.68 Å². The molecule has 1 aromatic rings. The Balaban J connectivity index is 1.90. The number of nitrogens with zero attached hydrogens (tertiary/aromatic N) is 3. The van der Waals surface area contributed by atoms with Crippen LogP contribution < -0.4 is 15.8 Å². The summed E-state index contributed by atoms with van der Waals surface area (Å²) in [6.07, 6.45) is 6.31. The average molecular weight is 278 g/mol. The van der Waals surface area contributed by atoms with E-state index in [4.69, 9.17) is 0 Å². The number of aromatic nitrogens is 2. The van der Waals surface area contributed by atoms with E-state index in [9.17, 15) is 4.79 Å². The van der Waals surface area contributed by atoms with Gasteiger partial charge in [-0.2, -0.15) is 5.10 Å². The zero-order valence-corrected chi connectivity index (χ0v) is 12.6. The lowest BCUT2D eigenvalue weighted by Gasteiger charge is -2.17. The minimum atomic E-state index is 0.0112. The fourth-order valence-corrected chi connectivity index (χ4v) is 2.55. The molecule has 1 atom stereocenters. The van der Waals surface area contributed by atoms with E-state index in [1.165, 1.54) is 12.8 Å². The first-order valence-electron chi connectivity index (χ1n) is 7.76. The van der Waals surface area contributed by atoms with E-state index >= 15 is 0 Å². The molecule has 112 valence electrons. The third kappa shape index (κ3) is 4.07. The summed E-state index contributed by atoms with van der Waals surface area (Å²) in [4.78, 5) is 14.3. The molecule has 5 nitrogen and oxygen atoms in total. The second kappa shape index (κ2) is 7.43. The third-order valence-electron chi connectivity index (χ3n) is 3.84. The van der Waals surface area contributed by atoms with Crippen molar-refractivity contribution in [3.8, 4) is 0 Å². The van der Waals surface area contributed by atoms with E-state index < -0.39 is 0 Å². The molecule has 2 heterocycles. The van der Waals surface area contributed by atoms with Crippen LogP contribution in [-0.2, 0) is 6.54 Å². The zero-order valence-electron chi connectivity index (χ0n) is 12.6. The van der Waals surface area contributed by atoms with Crippen LogP contribution in [0, 0.1) is 0 Å². The predicted molar refractivity (Wildman–Crippen MR) is 82.3 cm³/mol. The Morgan fingerprint density at radius 3 is 2.80 bits per heavy atom. The summed E-state index contributed by atoms with van der Waals surface area (Å²) >= 11 is 0. The summed E-state index contributed by atoms with van der Waals surface area (Å²) in [5, 5.41) is 7.74. The van der Waals surface area contributed by atoms with Crippen molar-refractivity contribution in [2.24, 2.45) is 0 Å². The fraction of sp³-hybridized carbons (Fsp3) is 0.733. The molecule has 1 aliphatic heterocycles. The quantitative estimate of drug-likeness (QED) is 0.823. The monoisotopic (exact) mass is 278 g/mol. The van der Waals surface area contributed by atoms with Crippen molar-refractivity contribution in [1.29, 1.82) is 0 Å². The highest BCUT2D eigenvalue weighted by molar-refractivity contribution is 5.43. The number of hydrogen-bond donors (Lipinski definition) is 1. The minimum absolute atomic E-state index is 0.0112. The number of hydrogen-bond acceptors (Lipinski definition) is 4. The summed E-state index contributed by atoms with van der Waals surface area (Å²) in [7, 11) is 0. The molecule has 2 rings (SSSR count). The zero-order chi connectivity index (χ0) is 14.4. The first-order valence-corrected chi connectivity index (χ1v) is 7.76. The van der Waals surface area contributed by atoms with Crippen molar-refractivity contribution in [3.05, 3.63) is 22.6 Å². The van der Waals surface area contributed by atoms with Crippen molar-refractivity contribution in [2.75, 3.05) is 24.5 Å². The standard InChI is InChI=1S/C15H26N4O/c1-3-7-16-13(2)6-10-19-15(20)11-14(12-17-19)18-8-4-5-9-18/h11-13,16H,3-10H2,1-2H3. The van der Waals surface area contributed by atoms with Crippen LogP contribution in [0.15, 0.2) is 17.1 Å². The van der Waals surface area contributed by atoms with Crippen molar-refractivity contribution in [1.82, 2.24) is 15.1 Å². The molecule has 1 fully saturated rings. The maximum absolute atomic E-state index is 12.1. The summed E-state index contributed by atoms with van der Waals surface area (Å²) < 4.78 is 1.57. The second-order valence-corrected chi connectivity index (χ2v) is 5.61. The van der Waals surface area contributed by atoms with Gasteiger partial charge in [0.2, 0.25) is 0 Å². The van der Waals surface area contributed by atoms with Gasteiger partial charge in [0.25, 0.3) is 5.56 Å². The first-order chi connectivity index (χ1) is 9.70. The molecule has 1 N–H and O–H groups in total. The van der Waals surface area contributed by atoms with Gasteiger partial charge in [0.1, 0.15) is 0 Å².